The van der Waals surface area contributed by atoms with Crippen molar-refractivity contribution in [2.24, 2.45) is 0 Å². The first kappa shape index (κ1) is 10.7. The molecular weight excluding hydrogens is 184 g/mol. The summed E-state index contributed by atoms with van der Waals surface area (Å²) in [6.07, 6.45) is 0. The van der Waals surface area contributed by atoms with E-state index in [1.807, 2.05) is 0 Å². The number of rotatable bonds is 5. The average Bonchev–Trinajstić information content (AvgIpc) is 2.23. The summed E-state index contributed by atoms with van der Waals surface area (Å²) in [5, 5.41) is 3.36. The van der Waals surface area contributed by atoms with E-state index in [9.17, 15) is 0 Å². The SMILES string of the molecule is CCNCCN1CC(c2ccccc2)C1. The van der Waals surface area contributed by atoms with Crippen molar-refractivity contribution in [2.75, 3.05) is 32.7 Å². The number of nitrogens with one attached hydrogen (secondary N) is 1. The predicted octanol–water partition coefficient (Wildman–Crippen LogP) is 1.70. The number of benzene rings is 1. The zero-order valence-electron chi connectivity index (χ0n) is 9.45. The van der Waals surface area contributed by atoms with Crippen molar-refractivity contribution in [3.8, 4) is 0 Å². The Balaban J connectivity index is 1.70. The van der Waals surface area contributed by atoms with Crippen LogP contribution in [0.4, 0.5) is 0 Å². The Morgan fingerprint density at radius 3 is 2.67 bits per heavy atom. The number of likely N-dealkylation sites (tertiary alicyclic amines) is 1. The van der Waals surface area contributed by atoms with Gasteiger partial charge in [-0.25, -0.2) is 0 Å². The van der Waals surface area contributed by atoms with Crippen LogP contribution in [-0.4, -0.2) is 37.6 Å². The summed E-state index contributed by atoms with van der Waals surface area (Å²) in [7, 11) is 0. The molecule has 1 heterocycles. The van der Waals surface area contributed by atoms with Gasteiger partial charge in [0.1, 0.15) is 0 Å². The minimum Gasteiger partial charge on any atom is -0.316 e. The summed E-state index contributed by atoms with van der Waals surface area (Å²) in [5.74, 6) is 0.771. The maximum atomic E-state index is 3.36. The molecule has 1 fully saturated rings. The van der Waals surface area contributed by atoms with Gasteiger partial charge in [-0.1, -0.05) is 37.3 Å². The van der Waals surface area contributed by atoms with Crippen LogP contribution in [-0.2, 0) is 0 Å². The second-order valence-corrected chi connectivity index (χ2v) is 4.22. The van der Waals surface area contributed by atoms with Crippen molar-refractivity contribution >= 4 is 0 Å². The zero-order chi connectivity index (χ0) is 10.5. The van der Waals surface area contributed by atoms with Crippen LogP contribution in [0.15, 0.2) is 30.3 Å². The van der Waals surface area contributed by atoms with Gasteiger partial charge in [-0.15, -0.1) is 0 Å². The van der Waals surface area contributed by atoms with Crippen LogP contribution >= 0.6 is 0 Å². The zero-order valence-corrected chi connectivity index (χ0v) is 9.45. The lowest BCUT2D eigenvalue weighted by Crippen LogP contribution is -2.47. The third-order valence-corrected chi connectivity index (χ3v) is 3.08. The Hall–Kier alpha value is -0.860. The lowest BCUT2D eigenvalue weighted by atomic mass is 9.92. The molecule has 1 aromatic carbocycles. The number of nitrogens with zero attached hydrogens (tertiary/aromatic N) is 1. The molecule has 1 N–H and O–H groups in total. The molecule has 1 aliphatic heterocycles. The van der Waals surface area contributed by atoms with Gasteiger partial charge in [-0.2, -0.15) is 0 Å². The van der Waals surface area contributed by atoms with Gasteiger partial charge in [0.15, 0.2) is 0 Å². The van der Waals surface area contributed by atoms with Crippen LogP contribution in [0.5, 0.6) is 0 Å². The number of likely N-dealkylation sites (N-methyl/N-ethyl adjacent to an activating group) is 1. The summed E-state index contributed by atoms with van der Waals surface area (Å²) < 4.78 is 0. The highest BCUT2D eigenvalue weighted by molar-refractivity contribution is 5.22. The fraction of sp³-hybridized carbons (Fsp3) is 0.538. The average molecular weight is 204 g/mol. The molecule has 82 valence electrons. The van der Waals surface area contributed by atoms with E-state index < -0.39 is 0 Å². The van der Waals surface area contributed by atoms with Gasteiger partial charge in [0, 0.05) is 32.1 Å². The van der Waals surface area contributed by atoms with Gasteiger partial charge < -0.3 is 10.2 Å². The Morgan fingerprint density at radius 1 is 1.27 bits per heavy atom. The predicted molar refractivity (Wildman–Crippen MR) is 64.2 cm³/mol. The van der Waals surface area contributed by atoms with E-state index in [4.69, 9.17) is 0 Å². The first-order valence-corrected chi connectivity index (χ1v) is 5.88. The molecule has 0 atom stereocenters. The fourth-order valence-electron chi connectivity index (χ4n) is 2.10. The van der Waals surface area contributed by atoms with Crippen molar-refractivity contribution in [3.63, 3.8) is 0 Å². The molecule has 0 bridgehead atoms. The Labute approximate surface area is 92.3 Å². The van der Waals surface area contributed by atoms with Gasteiger partial charge in [0.2, 0.25) is 0 Å². The summed E-state index contributed by atoms with van der Waals surface area (Å²) >= 11 is 0. The molecule has 2 heteroatoms. The van der Waals surface area contributed by atoms with Crippen LogP contribution < -0.4 is 5.32 Å². The third-order valence-electron chi connectivity index (χ3n) is 3.08. The standard InChI is InChI=1S/C13H20N2/c1-2-14-8-9-15-10-13(11-15)12-6-4-3-5-7-12/h3-7,13-14H,2,8-11H2,1H3. The summed E-state index contributed by atoms with van der Waals surface area (Å²) in [4.78, 5) is 2.51. The van der Waals surface area contributed by atoms with Crippen LogP contribution in [0.3, 0.4) is 0 Å². The van der Waals surface area contributed by atoms with E-state index >= 15 is 0 Å². The van der Waals surface area contributed by atoms with E-state index in [1.165, 1.54) is 25.2 Å². The maximum absolute atomic E-state index is 3.36. The smallest absolute Gasteiger partial charge is 0.0107 e. The van der Waals surface area contributed by atoms with E-state index in [0.29, 0.717) is 0 Å². The highest BCUT2D eigenvalue weighted by atomic mass is 15.2. The lowest BCUT2D eigenvalue weighted by molar-refractivity contribution is 0.149. The molecule has 0 spiro atoms. The monoisotopic (exact) mass is 204 g/mol. The molecule has 0 radical (unpaired) electrons. The largest absolute Gasteiger partial charge is 0.316 e. The highest BCUT2D eigenvalue weighted by Gasteiger charge is 2.26. The van der Waals surface area contributed by atoms with E-state index in [1.54, 1.807) is 0 Å². The van der Waals surface area contributed by atoms with Crippen molar-refractivity contribution in [1.29, 1.82) is 0 Å². The minimum absolute atomic E-state index is 0.771. The normalized spacial score (nSPS) is 17.7. The second kappa shape index (κ2) is 5.29. The topological polar surface area (TPSA) is 15.3 Å². The van der Waals surface area contributed by atoms with Crippen molar-refractivity contribution in [3.05, 3.63) is 35.9 Å². The molecule has 1 aromatic rings. The summed E-state index contributed by atoms with van der Waals surface area (Å²) in [6, 6.07) is 10.8. The van der Waals surface area contributed by atoms with Crippen LogP contribution in [0, 0.1) is 0 Å². The Morgan fingerprint density at radius 2 is 2.00 bits per heavy atom. The minimum atomic E-state index is 0.771. The molecule has 0 unspecified atom stereocenters. The summed E-state index contributed by atoms with van der Waals surface area (Å²) in [6.45, 7) is 8.01. The fourth-order valence-corrected chi connectivity index (χ4v) is 2.10. The van der Waals surface area contributed by atoms with E-state index in [0.717, 1.165) is 19.0 Å². The summed E-state index contributed by atoms with van der Waals surface area (Å²) in [5.41, 5.74) is 1.50. The molecule has 0 aliphatic carbocycles. The molecule has 2 nitrogen and oxygen atoms in total. The lowest BCUT2D eigenvalue weighted by Gasteiger charge is -2.39. The first-order chi connectivity index (χ1) is 7.40. The Kier molecular flexibility index (Phi) is 3.75. The quantitative estimate of drug-likeness (QED) is 0.734. The molecule has 0 saturated carbocycles. The molecule has 15 heavy (non-hydrogen) atoms. The van der Waals surface area contributed by atoms with E-state index in [2.05, 4.69) is 47.5 Å². The van der Waals surface area contributed by atoms with Crippen LogP contribution in [0.1, 0.15) is 18.4 Å². The van der Waals surface area contributed by atoms with Crippen molar-refractivity contribution in [2.45, 2.75) is 12.8 Å². The van der Waals surface area contributed by atoms with Gasteiger partial charge in [0.05, 0.1) is 0 Å². The van der Waals surface area contributed by atoms with Crippen molar-refractivity contribution < 1.29 is 0 Å². The Bertz CT molecular complexity index is 278. The van der Waals surface area contributed by atoms with Gasteiger partial charge in [0.25, 0.3) is 0 Å². The molecule has 2 rings (SSSR count). The van der Waals surface area contributed by atoms with Crippen molar-refractivity contribution in [1.82, 2.24) is 10.2 Å². The van der Waals surface area contributed by atoms with E-state index in [-0.39, 0.29) is 0 Å². The first-order valence-electron chi connectivity index (χ1n) is 5.88. The highest BCUT2D eigenvalue weighted by Crippen LogP contribution is 2.25. The van der Waals surface area contributed by atoms with Gasteiger partial charge >= 0.3 is 0 Å². The van der Waals surface area contributed by atoms with Gasteiger partial charge in [-0.3, -0.25) is 0 Å². The third kappa shape index (κ3) is 2.80. The molecular formula is C13H20N2. The molecule has 1 aliphatic rings. The van der Waals surface area contributed by atoms with Gasteiger partial charge in [-0.05, 0) is 12.1 Å². The van der Waals surface area contributed by atoms with Crippen LogP contribution in [0.25, 0.3) is 0 Å². The van der Waals surface area contributed by atoms with Crippen LogP contribution in [0.2, 0.25) is 0 Å². The molecule has 0 aromatic heterocycles. The maximum Gasteiger partial charge on any atom is 0.0107 e. The number of hydrogen-bond donors (Lipinski definition) is 1. The number of hydrogen-bond acceptors (Lipinski definition) is 2. The second-order valence-electron chi connectivity index (χ2n) is 4.22. The molecule has 0 amide bonds. The molecule has 1 saturated heterocycles.